The molecule has 1 aromatic carbocycles. The number of aliphatic hydroxyl groups excluding tert-OH is 1. The van der Waals surface area contributed by atoms with E-state index in [-0.39, 0.29) is 18.4 Å². The molecule has 0 aromatic heterocycles. The third-order valence-corrected chi connectivity index (χ3v) is 2.43. The fourth-order valence-corrected chi connectivity index (χ4v) is 1.56. The molecule has 1 aromatic rings. The van der Waals surface area contributed by atoms with Gasteiger partial charge in [-0.3, -0.25) is 0 Å². The average Bonchev–Trinajstić information content (AvgIpc) is 2.13. The van der Waals surface area contributed by atoms with E-state index in [0.717, 1.165) is 5.56 Å². The summed E-state index contributed by atoms with van der Waals surface area (Å²) in [6, 6.07) is 3.17. The maximum atomic E-state index is 9.42. The largest absolute Gasteiger partial charge is 0.506 e. The quantitative estimate of drug-likeness (QED) is 0.720. The molecular formula is C10H14ClNO2. The molecule has 14 heavy (non-hydrogen) atoms. The maximum Gasteiger partial charge on any atom is 0.137 e. The molecule has 3 nitrogen and oxygen atoms in total. The van der Waals surface area contributed by atoms with Crippen LogP contribution in [0, 0.1) is 6.92 Å². The Morgan fingerprint density at radius 1 is 1.50 bits per heavy atom. The van der Waals surface area contributed by atoms with E-state index in [9.17, 15) is 5.11 Å². The molecule has 0 saturated carbocycles. The van der Waals surface area contributed by atoms with Crippen LogP contribution < -0.4 is 5.73 Å². The van der Waals surface area contributed by atoms with Crippen LogP contribution in [-0.4, -0.2) is 16.8 Å². The molecule has 0 fully saturated rings. The highest BCUT2D eigenvalue weighted by molar-refractivity contribution is 6.32. The van der Waals surface area contributed by atoms with Crippen molar-refractivity contribution in [3.8, 4) is 5.75 Å². The first-order valence-electron chi connectivity index (χ1n) is 4.41. The van der Waals surface area contributed by atoms with Gasteiger partial charge in [-0.15, -0.1) is 0 Å². The SMILES string of the molecule is Cc1cc(C(N)CCO)cc(Cl)c1O. The van der Waals surface area contributed by atoms with Crippen molar-refractivity contribution in [2.24, 2.45) is 5.73 Å². The predicted molar refractivity (Wildman–Crippen MR) is 56.5 cm³/mol. The van der Waals surface area contributed by atoms with Gasteiger partial charge in [-0.1, -0.05) is 17.7 Å². The number of halogens is 1. The Kier molecular flexibility index (Phi) is 3.75. The summed E-state index contributed by atoms with van der Waals surface area (Å²) in [6.45, 7) is 1.80. The van der Waals surface area contributed by atoms with E-state index in [1.54, 1.807) is 19.1 Å². The monoisotopic (exact) mass is 215 g/mol. The molecular weight excluding hydrogens is 202 g/mol. The molecule has 78 valence electrons. The molecule has 0 aliphatic carbocycles. The fourth-order valence-electron chi connectivity index (χ4n) is 1.28. The lowest BCUT2D eigenvalue weighted by atomic mass is 10.0. The Morgan fingerprint density at radius 3 is 2.64 bits per heavy atom. The number of benzene rings is 1. The smallest absolute Gasteiger partial charge is 0.137 e. The van der Waals surface area contributed by atoms with E-state index < -0.39 is 0 Å². The van der Waals surface area contributed by atoms with Crippen molar-refractivity contribution in [3.05, 3.63) is 28.3 Å². The number of aryl methyl sites for hydroxylation is 1. The first-order chi connectivity index (χ1) is 6.56. The first-order valence-corrected chi connectivity index (χ1v) is 4.79. The highest BCUT2D eigenvalue weighted by Crippen LogP contribution is 2.30. The van der Waals surface area contributed by atoms with Gasteiger partial charge in [-0.2, -0.15) is 0 Å². The summed E-state index contributed by atoms with van der Waals surface area (Å²) >= 11 is 5.80. The van der Waals surface area contributed by atoms with Gasteiger partial charge in [0, 0.05) is 12.6 Å². The predicted octanol–water partition coefficient (Wildman–Crippen LogP) is 1.74. The molecule has 1 rings (SSSR count). The van der Waals surface area contributed by atoms with E-state index in [4.69, 9.17) is 22.4 Å². The van der Waals surface area contributed by atoms with Crippen molar-refractivity contribution in [1.82, 2.24) is 0 Å². The molecule has 1 atom stereocenters. The van der Waals surface area contributed by atoms with Gasteiger partial charge in [0.05, 0.1) is 5.02 Å². The summed E-state index contributed by atoms with van der Waals surface area (Å²) in [5, 5.41) is 18.4. The second-order valence-electron chi connectivity index (χ2n) is 3.29. The van der Waals surface area contributed by atoms with Crippen LogP contribution in [0.1, 0.15) is 23.6 Å². The van der Waals surface area contributed by atoms with E-state index in [1.807, 2.05) is 0 Å². The molecule has 0 amide bonds. The van der Waals surface area contributed by atoms with Crippen LogP contribution in [0.4, 0.5) is 0 Å². The average molecular weight is 216 g/mol. The molecule has 0 spiro atoms. The van der Waals surface area contributed by atoms with Gasteiger partial charge in [0.15, 0.2) is 0 Å². The molecule has 0 saturated heterocycles. The van der Waals surface area contributed by atoms with Crippen LogP contribution in [-0.2, 0) is 0 Å². The lowest BCUT2D eigenvalue weighted by Gasteiger charge is -2.12. The highest BCUT2D eigenvalue weighted by atomic mass is 35.5. The number of nitrogens with two attached hydrogens (primary N) is 1. The summed E-state index contributed by atoms with van der Waals surface area (Å²) in [5.41, 5.74) is 7.32. The van der Waals surface area contributed by atoms with Crippen LogP contribution >= 0.6 is 11.6 Å². The zero-order valence-corrected chi connectivity index (χ0v) is 8.75. The van der Waals surface area contributed by atoms with Crippen molar-refractivity contribution in [1.29, 1.82) is 0 Å². The number of aliphatic hydroxyl groups is 1. The fraction of sp³-hybridized carbons (Fsp3) is 0.400. The van der Waals surface area contributed by atoms with Gasteiger partial charge < -0.3 is 15.9 Å². The summed E-state index contributed by atoms with van der Waals surface area (Å²) in [5.74, 6) is 0.0895. The van der Waals surface area contributed by atoms with Gasteiger partial charge >= 0.3 is 0 Å². The van der Waals surface area contributed by atoms with Crippen molar-refractivity contribution in [2.75, 3.05) is 6.61 Å². The highest BCUT2D eigenvalue weighted by Gasteiger charge is 2.10. The molecule has 0 aliphatic rings. The van der Waals surface area contributed by atoms with Crippen LogP contribution in [0.25, 0.3) is 0 Å². The van der Waals surface area contributed by atoms with Gasteiger partial charge in [0.2, 0.25) is 0 Å². The van der Waals surface area contributed by atoms with Crippen LogP contribution in [0.2, 0.25) is 5.02 Å². The topological polar surface area (TPSA) is 66.5 Å². The van der Waals surface area contributed by atoms with Crippen LogP contribution in [0.15, 0.2) is 12.1 Å². The number of rotatable bonds is 3. The van der Waals surface area contributed by atoms with E-state index in [0.29, 0.717) is 17.0 Å². The standard InChI is InChI=1S/C10H14ClNO2/c1-6-4-7(9(12)2-3-13)5-8(11)10(6)14/h4-5,9,13-14H,2-3,12H2,1H3. The molecule has 4 N–H and O–H groups in total. The Morgan fingerprint density at radius 2 is 2.14 bits per heavy atom. The van der Waals surface area contributed by atoms with Crippen LogP contribution in [0.5, 0.6) is 5.75 Å². The third-order valence-electron chi connectivity index (χ3n) is 2.14. The van der Waals surface area contributed by atoms with Crippen molar-refractivity contribution in [2.45, 2.75) is 19.4 Å². The Hall–Kier alpha value is -0.770. The number of phenolic OH excluding ortho intramolecular Hbond substituents is 1. The molecule has 1 unspecified atom stereocenters. The second-order valence-corrected chi connectivity index (χ2v) is 3.69. The lowest BCUT2D eigenvalue weighted by Crippen LogP contribution is -2.12. The molecule has 0 bridgehead atoms. The zero-order chi connectivity index (χ0) is 10.7. The number of hydrogen-bond acceptors (Lipinski definition) is 3. The Labute approximate surface area is 88.1 Å². The summed E-state index contributed by atoms with van der Waals surface area (Å²) < 4.78 is 0. The van der Waals surface area contributed by atoms with Gasteiger partial charge in [0.1, 0.15) is 5.75 Å². The molecule has 0 aliphatic heterocycles. The molecule has 0 radical (unpaired) electrons. The third kappa shape index (κ3) is 2.38. The second kappa shape index (κ2) is 4.64. The first kappa shape index (κ1) is 11.3. The van der Waals surface area contributed by atoms with Gasteiger partial charge in [-0.05, 0) is 30.5 Å². The van der Waals surface area contributed by atoms with E-state index >= 15 is 0 Å². The summed E-state index contributed by atoms with van der Waals surface area (Å²) in [4.78, 5) is 0. The zero-order valence-electron chi connectivity index (χ0n) is 8.00. The Balaban J connectivity index is 3.00. The summed E-state index contributed by atoms with van der Waals surface area (Å²) in [7, 11) is 0. The normalized spacial score (nSPS) is 12.9. The molecule has 0 heterocycles. The van der Waals surface area contributed by atoms with E-state index in [2.05, 4.69) is 0 Å². The van der Waals surface area contributed by atoms with E-state index in [1.165, 1.54) is 0 Å². The number of hydrogen-bond donors (Lipinski definition) is 3. The minimum absolute atomic E-state index is 0.0404. The van der Waals surface area contributed by atoms with Crippen molar-refractivity contribution in [3.63, 3.8) is 0 Å². The van der Waals surface area contributed by atoms with Crippen LogP contribution in [0.3, 0.4) is 0 Å². The number of aromatic hydroxyl groups is 1. The lowest BCUT2D eigenvalue weighted by molar-refractivity contribution is 0.276. The van der Waals surface area contributed by atoms with Crippen molar-refractivity contribution < 1.29 is 10.2 Å². The van der Waals surface area contributed by atoms with Gasteiger partial charge in [-0.25, -0.2) is 0 Å². The summed E-state index contributed by atoms with van der Waals surface area (Å²) in [6.07, 6.45) is 0.487. The maximum absolute atomic E-state index is 9.42. The minimum Gasteiger partial charge on any atom is -0.506 e. The minimum atomic E-state index is -0.239. The molecule has 4 heteroatoms. The van der Waals surface area contributed by atoms with Gasteiger partial charge in [0.25, 0.3) is 0 Å². The number of phenols is 1. The van der Waals surface area contributed by atoms with Crippen molar-refractivity contribution >= 4 is 11.6 Å². The Bertz CT molecular complexity index is 305.